The number of hydrogen-bond acceptors (Lipinski definition) is 3. The summed E-state index contributed by atoms with van der Waals surface area (Å²) in [6, 6.07) is 27.4. The molecule has 7 heteroatoms. The Balaban J connectivity index is 1.50. The lowest BCUT2D eigenvalue weighted by atomic mass is 10.0. The molecule has 0 unspecified atom stereocenters. The van der Waals surface area contributed by atoms with E-state index in [1.165, 1.54) is 4.90 Å². The Labute approximate surface area is 226 Å². The van der Waals surface area contributed by atoms with Gasteiger partial charge in [0.25, 0.3) is 5.91 Å². The SMILES string of the molecule is CCNC(=O)[C@H](Cc1ccccc1)N(Cc1ccc(Cl)cc1)C(=O)CN1C(=O)c2cccc3cccc1c23. The van der Waals surface area contributed by atoms with E-state index < -0.39 is 6.04 Å². The number of carbonyl (C=O) groups excluding carboxylic acids is 3. The second-order valence-corrected chi connectivity index (χ2v) is 9.76. The molecule has 1 N–H and O–H groups in total. The third-order valence-electron chi connectivity index (χ3n) is 6.83. The van der Waals surface area contributed by atoms with Crippen LogP contribution in [0.15, 0.2) is 91.0 Å². The van der Waals surface area contributed by atoms with E-state index in [1.54, 1.807) is 23.1 Å². The average Bonchev–Trinajstić information content (AvgIpc) is 3.20. The normalized spacial score (nSPS) is 13.0. The van der Waals surface area contributed by atoms with Crippen molar-refractivity contribution in [1.82, 2.24) is 10.2 Å². The number of rotatable bonds is 9. The van der Waals surface area contributed by atoms with Gasteiger partial charge in [0.15, 0.2) is 0 Å². The first-order valence-corrected chi connectivity index (χ1v) is 13.0. The Kier molecular flexibility index (Phi) is 7.43. The fraction of sp³-hybridized carbons (Fsp3) is 0.194. The molecule has 1 aliphatic rings. The quantitative estimate of drug-likeness (QED) is 0.325. The molecule has 0 aliphatic carbocycles. The van der Waals surface area contributed by atoms with Gasteiger partial charge in [0.1, 0.15) is 12.6 Å². The number of nitrogens with one attached hydrogen (secondary N) is 1. The molecule has 192 valence electrons. The molecule has 1 aliphatic heterocycles. The van der Waals surface area contributed by atoms with Crippen molar-refractivity contribution in [3.63, 3.8) is 0 Å². The molecule has 6 nitrogen and oxygen atoms in total. The molecule has 0 fully saturated rings. The van der Waals surface area contributed by atoms with E-state index in [9.17, 15) is 14.4 Å². The Hall–Kier alpha value is -4.16. The van der Waals surface area contributed by atoms with E-state index in [2.05, 4.69) is 5.32 Å². The number of nitrogens with zero attached hydrogens (tertiary/aromatic N) is 2. The van der Waals surface area contributed by atoms with Gasteiger partial charge >= 0.3 is 0 Å². The molecule has 5 rings (SSSR count). The summed E-state index contributed by atoms with van der Waals surface area (Å²) < 4.78 is 0. The Morgan fingerprint density at radius 2 is 1.61 bits per heavy atom. The van der Waals surface area contributed by atoms with Gasteiger partial charge in [0, 0.05) is 35.5 Å². The van der Waals surface area contributed by atoms with E-state index in [0.717, 1.165) is 21.9 Å². The first-order valence-electron chi connectivity index (χ1n) is 12.7. The first kappa shape index (κ1) is 25.5. The highest BCUT2D eigenvalue weighted by molar-refractivity contribution is 6.30. The molecular weight excluding hydrogens is 498 g/mol. The molecule has 1 atom stereocenters. The third-order valence-corrected chi connectivity index (χ3v) is 7.08. The monoisotopic (exact) mass is 525 g/mol. The highest BCUT2D eigenvalue weighted by atomic mass is 35.5. The van der Waals surface area contributed by atoms with Crippen LogP contribution in [0.5, 0.6) is 0 Å². The van der Waals surface area contributed by atoms with Gasteiger partial charge in [-0.25, -0.2) is 0 Å². The second-order valence-electron chi connectivity index (χ2n) is 9.32. The summed E-state index contributed by atoms with van der Waals surface area (Å²) in [7, 11) is 0. The van der Waals surface area contributed by atoms with Gasteiger partial charge in [-0.05, 0) is 47.7 Å². The van der Waals surface area contributed by atoms with Crippen LogP contribution in [0.2, 0.25) is 5.02 Å². The minimum Gasteiger partial charge on any atom is -0.355 e. The van der Waals surface area contributed by atoms with E-state index in [0.29, 0.717) is 29.2 Å². The summed E-state index contributed by atoms with van der Waals surface area (Å²) in [5.41, 5.74) is 3.07. The summed E-state index contributed by atoms with van der Waals surface area (Å²) in [6.45, 7) is 2.31. The van der Waals surface area contributed by atoms with Crippen LogP contribution in [0.4, 0.5) is 5.69 Å². The average molecular weight is 526 g/mol. The molecule has 4 aromatic rings. The fourth-order valence-electron chi connectivity index (χ4n) is 4.99. The van der Waals surface area contributed by atoms with Gasteiger partial charge in [-0.3, -0.25) is 19.3 Å². The van der Waals surface area contributed by atoms with Gasteiger partial charge in [0.2, 0.25) is 11.8 Å². The van der Waals surface area contributed by atoms with E-state index in [1.807, 2.05) is 79.7 Å². The maximum absolute atomic E-state index is 14.1. The molecule has 0 saturated heterocycles. The third kappa shape index (κ3) is 5.13. The summed E-state index contributed by atoms with van der Waals surface area (Å²) in [5.74, 6) is -0.767. The lowest BCUT2D eigenvalue weighted by Crippen LogP contribution is -2.53. The van der Waals surface area contributed by atoms with Gasteiger partial charge in [-0.15, -0.1) is 0 Å². The Bertz CT molecular complexity index is 1480. The van der Waals surface area contributed by atoms with Gasteiger partial charge in [-0.1, -0.05) is 78.3 Å². The largest absolute Gasteiger partial charge is 0.355 e. The van der Waals surface area contributed by atoms with Crippen LogP contribution in [0.25, 0.3) is 10.8 Å². The molecular formula is C31H28ClN3O3. The van der Waals surface area contributed by atoms with Crippen LogP contribution >= 0.6 is 11.6 Å². The van der Waals surface area contributed by atoms with Gasteiger partial charge < -0.3 is 10.2 Å². The van der Waals surface area contributed by atoms with Crippen molar-refractivity contribution in [3.8, 4) is 0 Å². The molecule has 0 saturated carbocycles. The van der Waals surface area contributed by atoms with Crippen molar-refractivity contribution < 1.29 is 14.4 Å². The predicted octanol–water partition coefficient (Wildman–Crippen LogP) is 5.23. The van der Waals surface area contributed by atoms with Crippen molar-refractivity contribution in [2.45, 2.75) is 25.9 Å². The minimum atomic E-state index is -0.767. The summed E-state index contributed by atoms with van der Waals surface area (Å²) in [6.07, 6.45) is 0.343. The highest BCUT2D eigenvalue weighted by Crippen LogP contribution is 2.37. The van der Waals surface area contributed by atoms with Gasteiger partial charge in [-0.2, -0.15) is 0 Å². The van der Waals surface area contributed by atoms with E-state index in [4.69, 9.17) is 11.6 Å². The summed E-state index contributed by atoms with van der Waals surface area (Å²) >= 11 is 6.10. The molecule has 38 heavy (non-hydrogen) atoms. The van der Waals surface area contributed by atoms with Crippen molar-refractivity contribution in [3.05, 3.63) is 113 Å². The summed E-state index contributed by atoms with van der Waals surface area (Å²) in [4.78, 5) is 43.9. The standard InChI is InChI=1S/C31H28ClN3O3/c1-2-33-30(37)27(18-21-8-4-3-5-9-21)34(19-22-14-16-24(32)17-15-22)28(36)20-35-26-13-7-11-23-10-6-12-25(29(23)26)31(35)38/h3-17,27H,2,18-20H2,1H3,(H,33,37)/t27-/m0/s1. The lowest BCUT2D eigenvalue weighted by Gasteiger charge is -2.33. The first-order chi connectivity index (χ1) is 18.5. The van der Waals surface area contributed by atoms with Crippen LogP contribution < -0.4 is 10.2 Å². The molecule has 1 heterocycles. The van der Waals surface area contributed by atoms with Crippen LogP contribution in [-0.4, -0.2) is 41.8 Å². The topological polar surface area (TPSA) is 69.7 Å². The molecule has 0 radical (unpaired) electrons. The zero-order chi connectivity index (χ0) is 26.6. The molecule has 3 amide bonds. The van der Waals surface area contributed by atoms with Crippen LogP contribution in [-0.2, 0) is 22.6 Å². The number of benzene rings is 4. The van der Waals surface area contributed by atoms with Gasteiger partial charge in [0.05, 0.1) is 5.69 Å². The second kappa shape index (κ2) is 11.1. The maximum Gasteiger partial charge on any atom is 0.259 e. The van der Waals surface area contributed by atoms with Crippen LogP contribution in [0.3, 0.4) is 0 Å². The Morgan fingerprint density at radius 1 is 0.895 bits per heavy atom. The summed E-state index contributed by atoms with van der Waals surface area (Å²) in [5, 5.41) is 5.28. The molecule has 0 aromatic heterocycles. The fourth-order valence-corrected chi connectivity index (χ4v) is 5.12. The zero-order valence-electron chi connectivity index (χ0n) is 21.1. The predicted molar refractivity (Wildman–Crippen MR) is 150 cm³/mol. The highest BCUT2D eigenvalue weighted by Gasteiger charge is 2.35. The number of amides is 3. The number of anilines is 1. The number of carbonyl (C=O) groups is 3. The molecule has 0 bridgehead atoms. The molecule has 4 aromatic carbocycles. The van der Waals surface area contributed by atoms with Crippen molar-refractivity contribution >= 4 is 45.8 Å². The number of hydrogen-bond donors (Lipinski definition) is 1. The van der Waals surface area contributed by atoms with Crippen LogP contribution in [0, 0.1) is 0 Å². The lowest BCUT2D eigenvalue weighted by molar-refractivity contribution is -0.140. The van der Waals surface area contributed by atoms with Crippen molar-refractivity contribution in [2.75, 3.05) is 18.0 Å². The van der Waals surface area contributed by atoms with E-state index in [-0.39, 0.29) is 30.8 Å². The van der Waals surface area contributed by atoms with Crippen LogP contribution in [0.1, 0.15) is 28.4 Å². The molecule has 0 spiro atoms. The smallest absolute Gasteiger partial charge is 0.259 e. The van der Waals surface area contributed by atoms with Crippen molar-refractivity contribution in [2.24, 2.45) is 0 Å². The Morgan fingerprint density at radius 3 is 2.32 bits per heavy atom. The van der Waals surface area contributed by atoms with Crippen molar-refractivity contribution in [1.29, 1.82) is 0 Å². The van der Waals surface area contributed by atoms with E-state index >= 15 is 0 Å². The zero-order valence-corrected chi connectivity index (χ0v) is 21.8. The maximum atomic E-state index is 14.1. The number of likely N-dealkylation sites (N-methyl/N-ethyl adjacent to an activating group) is 1. The minimum absolute atomic E-state index is 0.176. The number of halogens is 1.